The van der Waals surface area contributed by atoms with Crippen LogP contribution in [-0.2, 0) is 16.4 Å². The zero-order chi connectivity index (χ0) is 19.0. The number of carbonyl (C=O) groups excluding carboxylic acids is 1. The van der Waals surface area contributed by atoms with E-state index in [0.717, 1.165) is 11.3 Å². The molecule has 0 aromatic heterocycles. The summed E-state index contributed by atoms with van der Waals surface area (Å²) in [5.41, 5.74) is 1.79. The van der Waals surface area contributed by atoms with E-state index in [1.807, 2.05) is 24.3 Å². The molecule has 0 aliphatic carbocycles. The van der Waals surface area contributed by atoms with Gasteiger partial charge in [-0.05, 0) is 36.2 Å². The maximum Gasteiger partial charge on any atom is 0.256 e. The fraction of sp³-hybridized carbons (Fsp3) is 0.250. The van der Waals surface area contributed by atoms with E-state index in [4.69, 9.17) is 4.74 Å². The smallest absolute Gasteiger partial charge is 0.256 e. The Bertz CT molecular complexity index is 1030. The van der Waals surface area contributed by atoms with E-state index in [9.17, 15) is 13.2 Å². The number of rotatable bonds is 3. The molecule has 27 heavy (non-hydrogen) atoms. The number of benzene rings is 2. The SMILES string of the molecule is COc1ccc(CN2CCC3=C(C2)NC(=O)c2ccccc2S3(=O)=O)cc1. The lowest BCUT2D eigenvalue weighted by Crippen LogP contribution is -2.38. The van der Waals surface area contributed by atoms with Crippen LogP contribution in [-0.4, -0.2) is 39.4 Å². The van der Waals surface area contributed by atoms with Crippen molar-refractivity contribution < 1.29 is 17.9 Å². The van der Waals surface area contributed by atoms with E-state index in [1.165, 1.54) is 6.07 Å². The number of methoxy groups -OCH3 is 1. The van der Waals surface area contributed by atoms with Crippen molar-refractivity contribution in [1.29, 1.82) is 0 Å². The Morgan fingerprint density at radius 3 is 2.59 bits per heavy atom. The van der Waals surface area contributed by atoms with Gasteiger partial charge in [-0.3, -0.25) is 9.69 Å². The molecule has 2 heterocycles. The van der Waals surface area contributed by atoms with Gasteiger partial charge in [-0.2, -0.15) is 0 Å². The normalized spacial score (nSPS) is 18.9. The second kappa shape index (κ2) is 6.83. The molecule has 4 rings (SSSR count). The third-order valence-corrected chi connectivity index (χ3v) is 6.98. The first-order valence-electron chi connectivity index (χ1n) is 8.72. The van der Waals surface area contributed by atoms with Gasteiger partial charge in [0, 0.05) is 25.3 Å². The lowest BCUT2D eigenvalue weighted by molar-refractivity contribution is 0.0958. The van der Waals surface area contributed by atoms with Crippen LogP contribution in [0.25, 0.3) is 0 Å². The van der Waals surface area contributed by atoms with Crippen molar-refractivity contribution in [3.05, 3.63) is 70.3 Å². The van der Waals surface area contributed by atoms with Gasteiger partial charge in [-0.1, -0.05) is 24.3 Å². The number of amides is 1. The largest absolute Gasteiger partial charge is 0.497 e. The number of hydrogen-bond acceptors (Lipinski definition) is 5. The molecule has 0 radical (unpaired) electrons. The highest BCUT2D eigenvalue weighted by molar-refractivity contribution is 7.95. The zero-order valence-electron chi connectivity index (χ0n) is 14.9. The van der Waals surface area contributed by atoms with Crippen LogP contribution in [0.2, 0.25) is 0 Å². The molecule has 0 unspecified atom stereocenters. The Balaban J connectivity index is 1.61. The van der Waals surface area contributed by atoms with Crippen molar-refractivity contribution in [3.63, 3.8) is 0 Å². The van der Waals surface area contributed by atoms with Gasteiger partial charge in [0.15, 0.2) is 0 Å². The number of nitrogens with one attached hydrogen (secondary N) is 1. The molecule has 0 fully saturated rings. The molecule has 140 valence electrons. The lowest BCUT2D eigenvalue weighted by atomic mass is 10.1. The van der Waals surface area contributed by atoms with Gasteiger partial charge in [0.2, 0.25) is 9.84 Å². The number of carbonyl (C=O) groups is 1. The van der Waals surface area contributed by atoms with Crippen LogP contribution in [0.5, 0.6) is 5.75 Å². The van der Waals surface area contributed by atoms with Crippen LogP contribution in [0.1, 0.15) is 22.3 Å². The van der Waals surface area contributed by atoms with Gasteiger partial charge >= 0.3 is 0 Å². The molecule has 7 heteroatoms. The Hall–Kier alpha value is -2.64. The van der Waals surface area contributed by atoms with Gasteiger partial charge in [-0.25, -0.2) is 8.42 Å². The lowest BCUT2D eigenvalue weighted by Gasteiger charge is -2.29. The average molecular weight is 384 g/mol. The molecule has 2 aliphatic rings. The molecule has 2 aromatic carbocycles. The molecule has 2 aromatic rings. The van der Waals surface area contributed by atoms with Crippen molar-refractivity contribution in [2.24, 2.45) is 0 Å². The van der Waals surface area contributed by atoms with E-state index in [-0.39, 0.29) is 16.4 Å². The van der Waals surface area contributed by atoms with Gasteiger partial charge in [-0.15, -0.1) is 0 Å². The maximum absolute atomic E-state index is 13.1. The molecule has 0 saturated carbocycles. The summed E-state index contributed by atoms with van der Waals surface area (Å²) in [5, 5.41) is 2.83. The fourth-order valence-electron chi connectivity index (χ4n) is 3.56. The number of sulfone groups is 1. The van der Waals surface area contributed by atoms with E-state index < -0.39 is 9.84 Å². The summed E-state index contributed by atoms with van der Waals surface area (Å²) in [4.78, 5) is 15.1. The second-order valence-electron chi connectivity index (χ2n) is 6.66. The monoisotopic (exact) mass is 384 g/mol. The average Bonchev–Trinajstić information content (AvgIpc) is 2.76. The summed E-state index contributed by atoms with van der Waals surface area (Å²) >= 11 is 0. The van der Waals surface area contributed by atoms with E-state index in [2.05, 4.69) is 10.2 Å². The Morgan fingerprint density at radius 1 is 1.11 bits per heavy atom. The number of hydrogen-bond donors (Lipinski definition) is 1. The first-order valence-corrected chi connectivity index (χ1v) is 10.2. The number of fused-ring (bicyclic) bond motifs is 1. The second-order valence-corrected chi connectivity index (χ2v) is 8.60. The Labute approximate surface area is 158 Å². The van der Waals surface area contributed by atoms with E-state index >= 15 is 0 Å². The fourth-order valence-corrected chi connectivity index (χ4v) is 5.33. The molecule has 0 saturated heterocycles. The van der Waals surface area contributed by atoms with Crippen molar-refractivity contribution in [1.82, 2.24) is 10.2 Å². The molecular weight excluding hydrogens is 364 g/mol. The molecule has 0 atom stereocenters. The third kappa shape index (κ3) is 3.24. The van der Waals surface area contributed by atoms with Crippen LogP contribution >= 0.6 is 0 Å². The quantitative estimate of drug-likeness (QED) is 0.879. The summed E-state index contributed by atoms with van der Waals surface area (Å²) in [7, 11) is -2.04. The zero-order valence-corrected chi connectivity index (χ0v) is 15.8. The number of nitrogens with zero attached hydrogens (tertiary/aromatic N) is 1. The summed E-state index contributed by atoms with van der Waals surface area (Å²) in [6.45, 7) is 1.67. The van der Waals surface area contributed by atoms with Crippen molar-refractivity contribution in [3.8, 4) is 5.75 Å². The minimum absolute atomic E-state index is 0.0936. The van der Waals surface area contributed by atoms with Crippen molar-refractivity contribution >= 4 is 15.7 Å². The molecule has 0 spiro atoms. The highest BCUT2D eigenvalue weighted by Crippen LogP contribution is 2.32. The van der Waals surface area contributed by atoms with Gasteiger partial charge in [0.05, 0.1) is 22.5 Å². The van der Waals surface area contributed by atoms with Crippen LogP contribution in [0.15, 0.2) is 64.0 Å². The van der Waals surface area contributed by atoms with Crippen molar-refractivity contribution in [2.45, 2.75) is 17.9 Å². The summed E-state index contributed by atoms with van der Waals surface area (Å²) in [5.74, 6) is 0.424. The van der Waals surface area contributed by atoms with E-state index in [0.29, 0.717) is 36.7 Å². The highest BCUT2D eigenvalue weighted by Gasteiger charge is 2.35. The summed E-state index contributed by atoms with van der Waals surface area (Å²) in [6.07, 6.45) is 0.377. The highest BCUT2D eigenvalue weighted by atomic mass is 32.2. The molecule has 0 bridgehead atoms. The third-order valence-electron chi connectivity index (χ3n) is 4.95. The topological polar surface area (TPSA) is 75.7 Å². The van der Waals surface area contributed by atoms with Gasteiger partial charge < -0.3 is 10.1 Å². The molecule has 1 amide bonds. The molecule has 2 aliphatic heterocycles. The minimum atomic E-state index is -3.66. The standard InChI is InChI=1S/C20H20N2O4S/c1-26-15-8-6-14(7-9-15)12-22-11-10-19-17(13-22)21-20(23)16-4-2-3-5-18(16)27(19,24)25/h2-9H,10-13H2,1H3,(H,21,23). The van der Waals surface area contributed by atoms with E-state index in [1.54, 1.807) is 25.3 Å². The Kier molecular flexibility index (Phi) is 4.49. The predicted molar refractivity (Wildman–Crippen MR) is 101 cm³/mol. The minimum Gasteiger partial charge on any atom is -0.497 e. The van der Waals surface area contributed by atoms with Crippen LogP contribution < -0.4 is 10.1 Å². The molecular formula is C20H20N2O4S. The maximum atomic E-state index is 13.1. The first-order chi connectivity index (χ1) is 13.0. The number of ether oxygens (including phenoxy) is 1. The molecule has 6 nitrogen and oxygen atoms in total. The van der Waals surface area contributed by atoms with Crippen molar-refractivity contribution in [2.75, 3.05) is 20.2 Å². The predicted octanol–water partition coefficient (Wildman–Crippen LogP) is 2.33. The Morgan fingerprint density at radius 2 is 1.85 bits per heavy atom. The summed E-state index contributed by atoms with van der Waals surface area (Å²) in [6, 6.07) is 14.2. The van der Waals surface area contributed by atoms with Gasteiger partial charge in [0.1, 0.15) is 5.75 Å². The first kappa shape index (κ1) is 17.8. The van der Waals surface area contributed by atoms with Crippen LogP contribution in [0, 0.1) is 0 Å². The summed E-state index contributed by atoms with van der Waals surface area (Å²) < 4.78 is 31.3. The molecule has 1 N–H and O–H groups in total. The van der Waals surface area contributed by atoms with Crippen LogP contribution in [0.3, 0.4) is 0 Å². The van der Waals surface area contributed by atoms with Gasteiger partial charge in [0.25, 0.3) is 5.91 Å². The van der Waals surface area contributed by atoms with Crippen LogP contribution in [0.4, 0.5) is 0 Å².